The fraction of sp³-hybridized carbons (Fsp3) is 0.812. The zero-order valence-corrected chi connectivity index (χ0v) is 14.6. The Kier molecular flexibility index (Phi) is 7.22. The lowest BCUT2D eigenvalue weighted by atomic mass is 10.2. The minimum absolute atomic E-state index is 0.124. The first-order valence-corrected chi connectivity index (χ1v) is 9.57. The molecule has 6 heteroatoms. The summed E-state index contributed by atoms with van der Waals surface area (Å²) in [5.74, 6) is 1.61. The molecular weight excluding hydrogens is 296 g/mol. The molecule has 1 aliphatic carbocycles. The summed E-state index contributed by atoms with van der Waals surface area (Å²) in [6.07, 6.45) is 9.02. The molecule has 1 fully saturated rings. The molecule has 1 heterocycles. The molecule has 0 aromatic carbocycles. The van der Waals surface area contributed by atoms with Crippen LogP contribution in [0.2, 0.25) is 0 Å². The predicted molar refractivity (Wildman–Crippen MR) is 90.0 cm³/mol. The summed E-state index contributed by atoms with van der Waals surface area (Å²) in [7, 11) is 0. The Hall–Kier alpha value is -1.04. The second-order valence-corrected chi connectivity index (χ2v) is 6.93. The summed E-state index contributed by atoms with van der Waals surface area (Å²) in [6.45, 7) is 5.29. The van der Waals surface area contributed by atoms with Crippen molar-refractivity contribution >= 4 is 17.7 Å². The number of nitrogens with zero attached hydrogens (tertiary/aromatic N) is 3. The van der Waals surface area contributed by atoms with E-state index in [0.717, 1.165) is 56.1 Å². The molecule has 2 rings (SSSR count). The van der Waals surface area contributed by atoms with E-state index in [9.17, 15) is 4.79 Å². The first-order chi connectivity index (χ1) is 10.7. The highest BCUT2D eigenvalue weighted by atomic mass is 32.2. The summed E-state index contributed by atoms with van der Waals surface area (Å²) >= 11 is 1.51. The van der Waals surface area contributed by atoms with Gasteiger partial charge in [-0.25, -0.2) is 0 Å². The first kappa shape index (κ1) is 17.3. The number of rotatable bonds is 9. The first-order valence-electron chi connectivity index (χ1n) is 8.58. The average Bonchev–Trinajstić information content (AvgIpc) is 3.14. The molecule has 0 unspecified atom stereocenters. The lowest BCUT2D eigenvalue weighted by Gasteiger charge is -2.12. The van der Waals surface area contributed by atoms with Crippen LogP contribution in [0, 0.1) is 0 Å². The maximum atomic E-state index is 12.0. The van der Waals surface area contributed by atoms with Gasteiger partial charge in [0.15, 0.2) is 5.16 Å². The van der Waals surface area contributed by atoms with E-state index < -0.39 is 0 Å². The van der Waals surface area contributed by atoms with Crippen molar-refractivity contribution in [3.8, 4) is 0 Å². The van der Waals surface area contributed by atoms with E-state index in [0.29, 0.717) is 11.8 Å². The molecule has 124 valence electrons. The zero-order chi connectivity index (χ0) is 15.8. The van der Waals surface area contributed by atoms with Crippen molar-refractivity contribution in [1.29, 1.82) is 0 Å². The Bertz CT molecular complexity index is 469. The molecule has 5 nitrogen and oxygen atoms in total. The van der Waals surface area contributed by atoms with Gasteiger partial charge in [-0.05, 0) is 25.7 Å². The predicted octanol–water partition coefficient (Wildman–Crippen LogP) is 3.18. The van der Waals surface area contributed by atoms with Crippen molar-refractivity contribution in [2.45, 2.75) is 83.0 Å². The minimum Gasteiger partial charge on any atom is -0.353 e. The Labute approximate surface area is 137 Å². The third-order valence-corrected chi connectivity index (χ3v) is 5.02. The number of amides is 1. The number of hydrogen-bond donors (Lipinski definition) is 1. The summed E-state index contributed by atoms with van der Waals surface area (Å²) in [5.41, 5.74) is 0. The van der Waals surface area contributed by atoms with E-state index in [1.807, 2.05) is 0 Å². The quantitative estimate of drug-likeness (QED) is 0.709. The molecule has 0 aliphatic heterocycles. The van der Waals surface area contributed by atoms with Crippen LogP contribution in [0.3, 0.4) is 0 Å². The zero-order valence-electron chi connectivity index (χ0n) is 13.8. The second kappa shape index (κ2) is 9.18. The number of hydrogen-bond acceptors (Lipinski definition) is 4. The third kappa shape index (κ3) is 5.00. The molecule has 0 spiro atoms. The van der Waals surface area contributed by atoms with E-state index in [-0.39, 0.29) is 5.91 Å². The molecule has 22 heavy (non-hydrogen) atoms. The molecule has 0 radical (unpaired) electrons. The van der Waals surface area contributed by atoms with E-state index >= 15 is 0 Å². The monoisotopic (exact) mass is 324 g/mol. The van der Waals surface area contributed by atoms with Crippen LogP contribution in [-0.4, -0.2) is 32.5 Å². The molecular formula is C16H28N4OS. The lowest BCUT2D eigenvalue weighted by molar-refractivity contribution is -0.119. The van der Waals surface area contributed by atoms with E-state index in [2.05, 4.69) is 33.9 Å². The molecule has 1 amide bonds. The SMILES string of the molecule is CCCCn1c(CCC)nnc1SCC(=O)NC1CCCC1. The highest BCUT2D eigenvalue weighted by Gasteiger charge is 2.18. The molecule has 0 bridgehead atoms. The second-order valence-electron chi connectivity index (χ2n) is 5.99. The van der Waals surface area contributed by atoms with Crippen molar-refractivity contribution in [1.82, 2.24) is 20.1 Å². The molecule has 1 saturated carbocycles. The van der Waals surface area contributed by atoms with Gasteiger partial charge in [0.05, 0.1) is 5.75 Å². The molecule has 1 N–H and O–H groups in total. The summed E-state index contributed by atoms with van der Waals surface area (Å²) < 4.78 is 2.19. The number of carbonyl (C=O) groups excluding carboxylic acids is 1. The van der Waals surface area contributed by atoms with Crippen LogP contribution in [0.4, 0.5) is 0 Å². The van der Waals surface area contributed by atoms with Gasteiger partial charge in [-0.1, -0.05) is 44.9 Å². The van der Waals surface area contributed by atoms with Crippen LogP contribution in [0.5, 0.6) is 0 Å². The van der Waals surface area contributed by atoms with Crippen LogP contribution in [-0.2, 0) is 17.8 Å². The van der Waals surface area contributed by atoms with Crippen LogP contribution in [0.1, 0.15) is 64.6 Å². The number of nitrogens with one attached hydrogen (secondary N) is 1. The summed E-state index contributed by atoms with van der Waals surface area (Å²) in [4.78, 5) is 12.0. The van der Waals surface area contributed by atoms with Gasteiger partial charge in [0.25, 0.3) is 0 Å². The van der Waals surface area contributed by atoms with Crippen LogP contribution < -0.4 is 5.32 Å². The normalized spacial score (nSPS) is 15.4. The summed E-state index contributed by atoms with van der Waals surface area (Å²) in [6, 6.07) is 0.390. The maximum Gasteiger partial charge on any atom is 0.230 e. The molecule has 1 aromatic rings. The van der Waals surface area contributed by atoms with Gasteiger partial charge < -0.3 is 9.88 Å². The molecule has 1 aliphatic rings. The highest BCUT2D eigenvalue weighted by Crippen LogP contribution is 2.20. The van der Waals surface area contributed by atoms with Gasteiger partial charge in [0, 0.05) is 19.0 Å². The fourth-order valence-electron chi connectivity index (χ4n) is 2.84. The maximum absolute atomic E-state index is 12.0. The van der Waals surface area contributed by atoms with Crippen molar-refractivity contribution in [3.63, 3.8) is 0 Å². The highest BCUT2D eigenvalue weighted by molar-refractivity contribution is 7.99. The standard InChI is InChI=1S/C16H28N4OS/c1-3-5-11-20-14(8-4-2)18-19-16(20)22-12-15(21)17-13-9-6-7-10-13/h13H,3-12H2,1-2H3,(H,17,21). The molecule has 0 atom stereocenters. The van der Waals surface area contributed by atoms with Crippen molar-refractivity contribution in [3.05, 3.63) is 5.82 Å². The van der Waals surface area contributed by atoms with Gasteiger partial charge in [-0.15, -0.1) is 10.2 Å². The topological polar surface area (TPSA) is 59.8 Å². The van der Waals surface area contributed by atoms with Crippen LogP contribution in [0.25, 0.3) is 0 Å². The number of aromatic nitrogens is 3. The van der Waals surface area contributed by atoms with Gasteiger partial charge in [0.1, 0.15) is 5.82 Å². The Morgan fingerprint density at radius 1 is 1.27 bits per heavy atom. The van der Waals surface area contributed by atoms with Crippen molar-refractivity contribution < 1.29 is 4.79 Å². The van der Waals surface area contributed by atoms with E-state index in [1.165, 1.54) is 24.6 Å². The molecule has 0 saturated heterocycles. The van der Waals surface area contributed by atoms with E-state index in [4.69, 9.17) is 0 Å². The average molecular weight is 324 g/mol. The minimum atomic E-state index is 0.124. The third-order valence-electron chi connectivity index (χ3n) is 4.05. The lowest BCUT2D eigenvalue weighted by Crippen LogP contribution is -2.33. The van der Waals surface area contributed by atoms with Gasteiger partial charge in [-0.3, -0.25) is 4.79 Å². The smallest absolute Gasteiger partial charge is 0.230 e. The van der Waals surface area contributed by atoms with E-state index in [1.54, 1.807) is 0 Å². The van der Waals surface area contributed by atoms with Gasteiger partial charge >= 0.3 is 0 Å². The van der Waals surface area contributed by atoms with Gasteiger partial charge in [0.2, 0.25) is 5.91 Å². The van der Waals surface area contributed by atoms with Crippen LogP contribution in [0.15, 0.2) is 5.16 Å². The van der Waals surface area contributed by atoms with Gasteiger partial charge in [-0.2, -0.15) is 0 Å². The van der Waals surface area contributed by atoms with Crippen LogP contribution >= 0.6 is 11.8 Å². The number of thioether (sulfide) groups is 1. The Morgan fingerprint density at radius 2 is 2.05 bits per heavy atom. The van der Waals surface area contributed by atoms with Crippen molar-refractivity contribution in [2.24, 2.45) is 0 Å². The Balaban J connectivity index is 1.88. The number of carbonyl (C=O) groups is 1. The Morgan fingerprint density at radius 3 is 2.73 bits per heavy atom. The fourth-order valence-corrected chi connectivity index (χ4v) is 3.64. The number of unbranched alkanes of at least 4 members (excludes halogenated alkanes) is 1. The molecule has 1 aromatic heterocycles. The summed E-state index contributed by atoms with van der Waals surface area (Å²) in [5, 5.41) is 12.6. The largest absolute Gasteiger partial charge is 0.353 e. The van der Waals surface area contributed by atoms with Crippen molar-refractivity contribution in [2.75, 3.05) is 5.75 Å². The number of aryl methyl sites for hydroxylation is 1.